The summed E-state index contributed by atoms with van der Waals surface area (Å²) in [6, 6.07) is 16.0. The summed E-state index contributed by atoms with van der Waals surface area (Å²) in [5.41, 5.74) is 4.09. The van der Waals surface area contributed by atoms with Crippen molar-refractivity contribution in [1.82, 2.24) is 4.90 Å². The summed E-state index contributed by atoms with van der Waals surface area (Å²) in [5, 5.41) is 0. The van der Waals surface area contributed by atoms with E-state index in [4.69, 9.17) is 9.47 Å². The molecule has 1 saturated heterocycles. The van der Waals surface area contributed by atoms with Gasteiger partial charge in [0.25, 0.3) is 0 Å². The normalized spacial score (nSPS) is 15.4. The maximum absolute atomic E-state index is 11.4. The topological polar surface area (TPSA) is 38.8 Å². The Morgan fingerprint density at radius 2 is 1.52 bits per heavy atom. The zero-order chi connectivity index (χ0) is 18.9. The first kappa shape index (κ1) is 19.1. The standard InChI is InChI=1S/C23H25NO3/c1-26-23(25)22-12-10-20(11-13-22)5-3-2-4-19-6-8-21(9-7-19)18-24-14-16-27-17-15-24/h2-13H,14-18H2,1H3. The number of hydrogen-bond donors (Lipinski definition) is 0. The molecular weight excluding hydrogens is 338 g/mol. The third-order valence-electron chi connectivity index (χ3n) is 4.51. The molecule has 0 bridgehead atoms. The fraction of sp³-hybridized carbons (Fsp3) is 0.261. The third-order valence-corrected chi connectivity index (χ3v) is 4.51. The number of methoxy groups -OCH3 is 1. The fourth-order valence-electron chi connectivity index (χ4n) is 2.93. The maximum atomic E-state index is 11.4. The molecule has 0 saturated carbocycles. The molecule has 140 valence electrons. The lowest BCUT2D eigenvalue weighted by Gasteiger charge is -2.26. The van der Waals surface area contributed by atoms with Crippen molar-refractivity contribution < 1.29 is 14.3 Å². The van der Waals surface area contributed by atoms with E-state index in [0.717, 1.165) is 38.4 Å². The van der Waals surface area contributed by atoms with Crippen LogP contribution in [0.1, 0.15) is 27.0 Å². The van der Waals surface area contributed by atoms with Crippen LogP contribution in [0.3, 0.4) is 0 Å². The Morgan fingerprint density at radius 3 is 2.07 bits per heavy atom. The van der Waals surface area contributed by atoms with Crippen molar-refractivity contribution in [2.75, 3.05) is 33.4 Å². The molecule has 0 atom stereocenters. The Balaban J connectivity index is 1.51. The number of rotatable bonds is 6. The highest BCUT2D eigenvalue weighted by atomic mass is 16.5. The quantitative estimate of drug-likeness (QED) is 0.574. The van der Waals surface area contributed by atoms with Gasteiger partial charge < -0.3 is 9.47 Å². The van der Waals surface area contributed by atoms with E-state index in [0.29, 0.717) is 5.56 Å². The van der Waals surface area contributed by atoms with Crippen LogP contribution < -0.4 is 0 Å². The van der Waals surface area contributed by atoms with Gasteiger partial charge in [0.1, 0.15) is 0 Å². The molecular formula is C23H25NO3. The zero-order valence-electron chi connectivity index (χ0n) is 15.6. The lowest BCUT2D eigenvalue weighted by molar-refractivity contribution is 0.0342. The third kappa shape index (κ3) is 5.91. The SMILES string of the molecule is COC(=O)c1ccc(C=CC=Cc2ccc(CN3CCOCC3)cc2)cc1. The maximum Gasteiger partial charge on any atom is 0.337 e. The molecule has 1 aliphatic heterocycles. The molecule has 3 rings (SSSR count). The van der Waals surface area contributed by atoms with Crippen LogP contribution >= 0.6 is 0 Å². The first-order valence-corrected chi connectivity index (χ1v) is 9.17. The average Bonchev–Trinajstić information content (AvgIpc) is 2.73. The van der Waals surface area contributed by atoms with Crippen molar-refractivity contribution in [3.63, 3.8) is 0 Å². The van der Waals surface area contributed by atoms with E-state index < -0.39 is 0 Å². The molecule has 4 heteroatoms. The smallest absolute Gasteiger partial charge is 0.337 e. The zero-order valence-corrected chi connectivity index (χ0v) is 15.6. The van der Waals surface area contributed by atoms with Gasteiger partial charge in [-0.15, -0.1) is 0 Å². The number of nitrogens with zero attached hydrogens (tertiary/aromatic N) is 1. The van der Waals surface area contributed by atoms with Crippen molar-refractivity contribution in [3.05, 3.63) is 82.9 Å². The number of carbonyl (C=O) groups is 1. The number of esters is 1. The van der Waals surface area contributed by atoms with Crippen molar-refractivity contribution in [3.8, 4) is 0 Å². The van der Waals surface area contributed by atoms with E-state index in [2.05, 4.69) is 35.2 Å². The van der Waals surface area contributed by atoms with E-state index >= 15 is 0 Å². The number of hydrogen-bond acceptors (Lipinski definition) is 4. The van der Waals surface area contributed by atoms with Crippen LogP contribution in [0, 0.1) is 0 Å². The van der Waals surface area contributed by atoms with Crippen LogP contribution in [0.15, 0.2) is 60.7 Å². The first-order valence-electron chi connectivity index (χ1n) is 9.17. The van der Waals surface area contributed by atoms with Crippen molar-refractivity contribution in [2.45, 2.75) is 6.54 Å². The van der Waals surface area contributed by atoms with E-state index in [1.165, 1.54) is 18.2 Å². The highest BCUT2D eigenvalue weighted by Crippen LogP contribution is 2.11. The Labute approximate surface area is 160 Å². The Bertz CT molecular complexity index is 785. The number of carbonyl (C=O) groups excluding carboxylic acids is 1. The minimum Gasteiger partial charge on any atom is -0.465 e. The van der Waals surface area contributed by atoms with Gasteiger partial charge in [-0.05, 0) is 28.8 Å². The van der Waals surface area contributed by atoms with E-state index in [1.807, 2.05) is 30.4 Å². The Morgan fingerprint density at radius 1 is 0.963 bits per heavy atom. The van der Waals surface area contributed by atoms with Gasteiger partial charge >= 0.3 is 5.97 Å². The molecule has 1 fully saturated rings. The number of ether oxygens (including phenoxy) is 2. The van der Waals surface area contributed by atoms with Crippen molar-refractivity contribution >= 4 is 18.1 Å². The summed E-state index contributed by atoms with van der Waals surface area (Å²) >= 11 is 0. The summed E-state index contributed by atoms with van der Waals surface area (Å²) in [5.74, 6) is -0.317. The molecule has 0 amide bonds. The average molecular weight is 363 g/mol. The fourth-order valence-corrected chi connectivity index (χ4v) is 2.93. The second-order valence-corrected chi connectivity index (χ2v) is 6.46. The first-order chi connectivity index (χ1) is 13.2. The summed E-state index contributed by atoms with van der Waals surface area (Å²) in [6.07, 6.45) is 8.10. The summed E-state index contributed by atoms with van der Waals surface area (Å²) in [7, 11) is 1.39. The number of allylic oxidation sites excluding steroid dienone is 2. The number of benzene rings is 2. The molecule has 0 aliphatic carbocycles. The molecule has 2 aromatic carbocycles. The second-order valence-electron chi connectivity index (χ2n) is 6.46. The van der Waals surface area contributed by atoms with Gasteiger partial charge in [0.2, 0.25) is 0 Å². The van der Waals surface area contributed by atoms with Gasteiger partial charge in [0.05, 0.1) is 25.9 Å². The van der Waals surface area contributed by atoms with Gasteiger partial charge in [0.15, 0.2) is 0 Å². The predicted molar refractivity (Wildman–Crippen MR) is 108 cm³/mol. The molecule has 1 aliphatic rings. The molecule has 27 heavy (non-hydrogen) atoms. The van der Waals surface area contributed by atoms with Gasteiger partial charge in [-0.2, -0.15) is 0 Å². The molecule has 0 N–H and O–H groups in total. The van der Waals surface area contributed by atoms with Crippen LogP contribution in [-0.2, 0) is 16.0 Å². The second kappa shape index (κ2) is 9.86. The van der Waals surface area contributed by atoms with Crippen molar-refractivity contribution in [1.29, 1.82) is 0 Å². The van der Waals surface area contributed by atoms with Gasteiger partial charge in [-0.25, -0.2) is 4.79 Å². The Hall–Kier alpha value is -2.69. The van der Waals surface area contributed by atoms with Gasteiger partial charge in [0, 0.05) is 19.6 Å². The van der Waals surface area contributed by atoms with Crippen LogP contribution in [0.4, 0.5) is 0 Å². The molecule has 0 unspecified atom stereocenters. The molecule has 1 heterocycles. The van der Waals surface area contributed by atoms with Gasteiger partial charge in [-0.1, -0.05) is 60.7 Å². The van der Waals surface area contributed by atoms with Crippen LogP contribution in [0.2, 0.25) is 0 Å². The summed E-state index contributed by atoms with van der Waals surface area (Å²) in [4.78, 5) is 13.8. The van der Waals surface area contributed by atoms with Crippen LogP contribution in [0.5, 0.6) is 0 Å². The number of morpholine rings is 1. The molecule has 0 aromatic heterocycles. The Kier molecular flexibility index (Phi) is 6.97. The van der Waals surface area contributed by atoms with E-state index in [-0.39, 0.29) is 5.97 Å². The lowest BCUT2D eigenvalue weighted by Crippen LogP contribution is -2.35. The molecule has 0 spiro atoms. The minimum atomic E-state index is -0.317. The van der Waals surface area contributed by atoms with Crippen LogP contribution in [-0.4, -0.2) is 44.3 Å². The largest absolute Gasteiger partial charge is 0.465 e. The van der Waals surface area contributed by atoms with E-state index in [9.17, 15) is 4.79 Å². The van der Waals surface area contributed by atoms with Crippen LogP contribution in [0.25, 0.3) is 12.2 Å². The molecule has 0 radical (unpaired) electrons. The van der Waals surface area contributed by atoms with E-state index in [1.54, 1.807) is 12.1 Å². The van der Waals surface area contributed by atoms with Crippen molar-refractivity contribution in [2.24, 2.45) is 0 Å². The molecule has 4 nitrogen and oxygen atoms in total. The van der Waals surface area contributed by atoms with Gasteiger partial charge in [-0.3, -0.25) is 4.90 Å². The highest BCUT2D eigenvalue weighted by molar-refractivity contribution is 5.89. The molecule has 2 aromatic rings. The monoisotopic (exact) mass is 363 g/mol. The lowest BCUT2D eigenvalue weighted by atomic mass is 10.1. The highest BCUT2D eigenvalue weighted by Gasteiger charge is 2.10. The minimum absolute atomic E-state index is 0.317. The summed E-state index contributed by atoms with van der Waals surface area (Å²) in [6.45, 7) is 4.66. The predicted octanol–water partition coefficient (Wildman–Crippen LogP) is 4.03. The summed E-state index contributed by atoms with van der Waals surface area (Å²) < 4.78 is 10.1.